The lowest BCUT2D eigenvalue weighted by atomic mass is 9.95. The zero-order valence-corrected chi connectivity index (χ0v) is 10.6. The average Bonchev–Trinajstić information content (AvgIpc) is 2.80. The molecule has 3 aromatic rings. The second-order valence-electron chi connectivity index (χ2n) is 4.40. The van der Waals surface area contributed by atoms with Crippen molar-refractivity contribution >= 4 is 11.1 Å². The summed E-state index contributed by atoms with van der Waals surface area (Å²) in [6.45, 7) is 2.31. The van der Waals surface area contributed by atoms with E-state index in [0.717, 1.165) is 22.4 Å². The van der Waals surface area contributed by atoms with Gasteiger partial charge in [-0.3, -0.25) is 0 Å². The summed E-state index contributed by atoms with van der Waals surface area (Å²) in [7, 11) is 0. The van der Waals surface area contributed by atoms with E-state index in [9.17, 15) is 0 Å². The van der Waals surface area contributed by atoms with E-state index in [1.807, 2.05) is 37.3 Å². The molecule has 1 atom stereocenters. The van der Waals surface area contributed by atoms with E-state index >= 15 is 0 Å². The van der Waals surface area contributed by atoms with Crippen LogP contribution < -0.4 is 5.73 Å². The number of benzene rings is 1. The molecule has 0 aliphatic carbocycles. The number of aromatic nitrogens is 3. The van der Waals surface area contributed by atoms with E-state index in [-0.39, 0.29) is 5.92 Å². The van der Waals surface area contributed by atoms with Gasteiger partial charge < -0.3 is 10.2 Å². The Morgan fingerprint density at radius 3 is 2.95 bits per heavy atom. The topological polar surface area (TPSA) is 77.8 Å². The number of fused-ring (bicyclic) bond motifs is 1. The van der Waals surface area contributed by atoms with E-state index in [0.29, 0.717) is 12.4 Å². The predicted octanol–water partition coefficient (Wildman–Crippen LogP) is 2.02. The second-order valence-corrected chi connectivity index (χ2v) is 4.40. The van der Waals surface area contributed by atoms with Crippen molar-refractivity contribution in [2.45, 2.75) is 12.8 Å². The van der Waals surface area contributed by atoms with Crippen LogP contribution in [-0.2, 0) is 0 Å². The van der Waals surface area contributed by atoms with Crippen LogP contribution >= 0.6 is 0 Å². The highest BCUT2D eigenvalue weighted by molar-refractivity contribution is 5.73. The highest BCUT2D eigenvalue weighted by atomic mass is 16.3. The maximum Gasteiger partial charge on any atom is 0.192 e. The van der Waals surface area contributed by atoms with Gasteiger partial charge in [0.25, 0.3) is 0 Å². The lowest BCUT2D eigenvalue weighted by Crippen LogP contribution is -2.15. The van der Waals surface area contributed by atoms with Crippen LogP contribution in [0.2, 0.25) is 0 Å². The molecule has 2 aromatic heterocycles. The van der Waals surface area contributed by atoms with E-state index < -0.39 is 0 Å². The van der Waals surface area contributed by atoms with Crippen molar-refractivity contribution < 1.29 is 4.42 Å². The number of nitrogens with two attached hydrogens (primary N) is 1. The summed E-state index contributed by atoms with van der Waals surface area (Å²) in [5.74, 6) is 0.686. The van der Waals surface area contributed by atoms with Gasteiger partial charge in [-0.2, -0.15) is 10.2 Å². The average molecular weight is 254 g/mol. The van der Waals surface area contributed by atoms with Crippen molar-refractivity contribution in [3.63, 3.8) is 0 Å². The van der Waals surface area contributed by atoms with Crippen molar-refractivity contribution in [3.05, 3.63) is 53.7 Å². The predicted molar refractivity (Wildman–Crippen MR) is 71.7 cm³/mol. The molecule has 2 N–H and O–H groups in total. The SMILES string of the molecule is Cc1nc2cc(C(CN)c3cccnn3)ccc2o1. The molecular weight excluding hydrogens is 240 g/mol. The number of rotatable bonds is 3. The number of nitrogens with zero attached hydrogens (tertiary/aromatic N) is 3. The van der Waals surface area contributed by atoms with Gasteiger partial charge in [0, 0.05) is 25.6 Å². The van der Waals surface area contributed by atoms with E-state index in [1.165, 1.54) is 0 Å². The molecule has 1 aromatic carbocycles. The Balaban J connectivity index is 2.06. The van der Waals surface area contributed by atoms with Gasteiger partial charge in [0.1, 0.15) is 5.52 Å². The van der Waals surface area contributed by atoms with Crippen molar-refractivity contribution in [1.29, 1.82) is 0 Å². The normalized spacial score (nSPS) is 12.7. The maximum atomic E-state index is 5.87. The molecule has 3 rings (SSSR count). The van der Waals surface area contributed by atoms with Crippen molar-refractivity contribution in [1.82, 2.24) is 15.2 Å². The lowest BCUT2D eigenvalue weighted by Gasteiger charge is -2.13. The standard InChI is InChI=1S/C14H14N4O/c1-9-17-13-7-10(4-5-14(13)19-9)11(8-15)12-3-2-6-16-18-12/h2-7,11H,8,15H2,1H3. The molecule has 0 bridgehead atoms. The minimum Gasteiger partial charge on any atom is -0.441 e. The zero-order valence-electron chi connectivity index (χ0n) is 10.6. The van der Waals surface area contributed by atoms with Crippen LogP contribution in [-0.4, -0.2) is 21.7 Å². The van der Waals surface area contributed by atoms with Gasteiger partial charge in [0.15, 0.2) is 11.5 Å². The molecule has 1 unspecified atom stereocenters. The van der Waals surface area contributed by atoms with Gasteiger partial charge in [-0.15, -0.1) is 0 Å². The van der Waals surface area contributed by atoms with Gasteiger partial charge in [0.05, 0.1) is 5.69 Å². The van der Waals surface area contributed by atoms with Crippen molar-refractivity contribution in [2.75, 3.05) is 6.54 Å². The first kappa shape index (κ1) is 11.8. The van der Waals surface area contributed by atoms with Gasteiger partial charge in [-0.05, 0) is 29.8 Å². The van der Waals surface area contributed by atoms with Crippen molar-refractivity contribution in [2.24, 2.45) is 5.73 Å². The molecule has 2 heterocycles. The molecular formula is C14H14N4O. The Labute approximate surface area is 110 Å². The smallest absolute Gasteiger partial charge is 0.192 e. The third kappa shape index (κ3) is 2.20. The van der Waals surface area contributed by atoms with Crippen LogP contribution in [0.4, 0.5) is 0 Å². The number of hydrogen-bond acceptors (Lipinski definition) is 5. The number of oxazole rings is 1. The number of aryl methyl sites for hydroxylation is 1. The largest absolute Gasteiger partial charge is 0.441 e. The molecule has 0 fully saturated rings. The molecule has 0 aliphatic rings. The maximum absolute atomic E-state index is 5.87. The molecule has 5 nitrogen and oxygen atoms in total. The minimum atomic E-state index is 0.0232. The molecule has 0 spiro atoms. The van der Waals surface area contributed by atoms with Gasteiger partial charge >= 0.3 is 0 Å². The first-order chi connectivity index (χ1) is 9.28. The van der Waals surface area contributed by atoms with E-state index in [2.05, 4.69) is 15.2 Å². The highest BCUT2D eigenvalue weighted by Crippen LogP contribution is 2.25. The molecule has 19 heavy (non-hydrogen) atoms. The van der Waals surface area contributed by atoms with E-state index in [4.69, 9.17) is 10.2 Å². The van der Waals surface area contributed by atoms with Gasteiger partial charge in [0.2, 0.25) is 0 Å². The van der Waals surface area contributed by atoms with Crippen molar-refractivity contribution in [3.8, 4) is 0 Å². The van der Waals surface area contributed by atoms with Crippen LogP contribution in [0.25, 0.3) is 11.1 Å². The molecule has 0 radical (unpaired) electrons. The Kier molecular flexibility index (Phi) is 2.97. The molecule has 0 amide bonds. The quantitative estimate of drug-likeness (QED) is 0.773. The van der Waals surface area contributed by atoms with Crippen LogP contribution in [0.5, 0.6) is 0 Å². The van der Waals surface area contributed by atoms with Crippen LogP contribution in [0.3, 0.4) is 0 Å². The van der Waals surface area contributed by atoms with E-state index in [1.54, 1.807) is 6.20 Å². The third-order valence-corrected chi connectivity index (χ3v) is 3.11. The van der Waals surface area contributed by atoms with Crippen LogP contribution in [0.1, 0.15) is 23.1 Å². The summed E-state index contributed by atoms with van der Waals surface area (Å²) in [4.78, 5) is 4.34. The molecule has 0 aliphatic heterocycles. The number of hydrogen-bond donors (Lipinski definition) is 1. The fraction of sp³-hybridized carbons (Fsp3) is 0.214. The first-order valence-corrected chi connectivity index (χ1v) is 6.12. The Bertz CT molecular complexity index is 693. The monoisotopic (exact) mass is 254 g/mol. The summed E-state index contributed by atoms with van der Waals surface area (Å²) in [6.07, 6.45) is 1.65. The molecule has 0 saturated carbocycles. The van der Waals surface area contributed by atoms with Gasteiger partial charge in [-0.1, -0.05) is 6.07 Å². The first-order valence-electron chi connectivity index (χ1n) is 6.12. The highest BCUT2D eigenvalue weighted by Gasteiger charge is 2.15. The second kappa shape index (κ2) is 4.78. The summed E-state index contributed by atoms with van der Waals surface area (Å²) in [5, 5.41) is 8.04. The summed E-state index contributed by atoms with van der Waals surface area (Å²) in [5.41, 5.74) is 9.45. The summed E-state index contributed by atoms with van der Waals surface area (Å²) in [6, 6.07) is 9.72. The Morgan fingerprint density at radius 1 is 1.32 bits per heavy atom. The minimum absolute atomic E-state index is 0.0232. The van der Waals surface area contributed by atoms with Crippen LogP contribution in [0, 0.1) is 6.92 Å². The Hall–Kier alpha value is -2.27. The fourth-order valence-corrected chi connectivity index (χ4v) is 2.20. The summed E-state index contributed by atoms with van der Waals surface area (Å²) >= 11 is 0. The molecule has 0 saturated heterocycles. The fourth-order valence-electron chi connectivity index (χ4n) is 2.20. The molecule has 96 valence electrons. The van der Waals surface area contributed by atoms with Crippen LogP contribution in [0.15, 0.2) is 40.9 Å². The van der Waals surface area contributed by atoms with Gasteiger partial charge in [-0.25, -0.2) is 4.98 Å². The summed E-state index contributed by atoms with van der Waals surface area (Å²) < 4.78 is 5.47. The Morgan fingerprint density at radius 2 is 2.21 bits per heavy atom. The lowest BCUT2D eigenvalue weighted by molar-refractivity contribution is 0.561. The molecule has 5 heteroatoms. The zero-order chi connectivity index (χ0) is 13.2. The third-order valence-electron chi connectivity index (χ3n) is 3.11.